The van der Waals surface area contributed by atoms with Crippen LogP contribution < -0.4 is 4.90 Å². The van der Waals surface area contributed by atoms with Crippen molar-refractivity contribution in [2.24, 2.45) is 0 Å². The second kappa shape index (κ2) is 6.79. The molecule has 1 aromatic carbocycles. The molecular weight excluding hydrogens is 300 g/mol. The first-order chi connectivity index (χ1) is 10.4. The quantitative estimate of drug-likeness (QED) is 0.807. The van der Waals surface area contributed by atoms with Crippen LogP contribution in [0.5, 0.6) is 0 Å². The zero-order valence-corrected chi connectivity index (χ0v) is 14.3. The van der Waals surface area contributed by atoms with E-state index in [0.717, 1.165) is 24.1 Å². The Balaban J connectivity index is 2.35. The highest BCUT2D eigenvalue weighted by Gasteiger charge is 2.27. The highest BCUT2D eigenvalue weighted by atomic mass is 32.2. The van der Waals surface area contributed by atoms with E-state index in [9.17, 15) is 13.2 Å². The Hall–Kier alpha value is -1.40. The molecule has 1 heterocycles. The van der Waals surface area contributed by atoms with E-state index in [-0.39, 0.29) is 5.91 Å². The van der Waals surface area contributed by atoms with Gasteiger partial charge in [-0.2, -0.15) is 4.31 Å². The number of anilines is 1. The topological polar surface area (TPSA) is 57.7 Å². The van der Waals surface area contributed by atoms with Gasteiger partial charge in [0.1, 0.15) is 0 Å². The molecule has 0 radical (unpaired) electrons. The fraction of sp³-hybridized carbons (Fsp3) is 0.562. The maximum absolute atomic E-state index is 12.8. The van der Waals surface area contributed by atoms with Gasteiger partial charge in [0.15, 0.2) is 0 Å². The van der Waals surface area contributed by atoms with Gasteiger partial charge < -0.3 is 4.90 Å². The maximum atomic E-state index is 12.8. The van der Waals surface area contributed by atoms with Gasteiger partial charge in [0.25, 0.3) is 0 Å². The Bertz CT molecular complexity index is 649. The molecule has 122 valence electrons. The molecule has 0 atom stereocenters. The largest absolute Gasteiger partial charge is 0.312 e. The van der Waals surface area contributed by atoms with Gasteiger partial charge in [0, 0.05) is 32.2 Å². The number of carbonyl (C=O) groups excluding carboxylic acids is 1. The van der Waals surface area contributed by atoms with E-state index in [1.807, 2.05) is 13.8 Å². The normalized spacial score (nSPS) is 14.5. The third kappa shape index (κ3) is 3.17. The van der Waals surface area contributed by atoms with Crippen molar-refractivity contribution in [2.45, 2.75) is 44.9 Å². The Morgan fingerprint density at radius 2 is 1.86 bits per heavy atom. The summed E-state index contributed by atoms with van der Waals surface area (Å²) in [4.78, 5) is 13.6. The first kappa shape index (κ1) is 17.0. The van der Waals surface area contributed by atoms with Gasteiger partial charge in [0.05, 0.1) is 4.90 Å². The van der Waals surface area contributed by atoms with Crippen LogP contribution in [-0.2, 0) is 21.2 Å². The summed E-state index contributed by atoms with van der Waals surface area (Å²) < 4.78 is 27.1. The zero-order valence-electron chi connectivity index (χ0n) is 13.5. The van der Waals surface area contributed by atoms with Gasteiger partial charge in [-0.1, -0.05) is 13.8 Å². The Labute approximate surface area is 133 Å². The number of hydrogen-bond acceptors (Lipinski definition) is 3. The van der Waals surface area contributed by atoms with Crippen molar-refractivity contribution in [1.29, 1.82) is 0 Å². The number of fused-ring (bicyclic) bond motifs is 1. The molecular formula is C16H24N2O3S. The fourth-order valence-electron chi connectivity index (χ4n) is 2.87. The lowest BCUT2D eigenvalue weighted by atomic mass is 10.2. The van der Waals surface area contributed by atoms with Crippen LogP contribution >= 0.6 is 0 Å². The lowest BCUT2D eigenvalue weighted by Gasteiger charge is -2.21. The number of hydrogen-bond donors (Lipinski definition) is 0. The monoisotopic (exact) mass is 324 g/mol. The molecule has 0 saturated carbocycles. The molecule has 0 fully saturated rings. The van der Waals surface area contributed by atoms with Crippen LogP contribution in [0.1, 0.15) is 39.2 Å². The van der Waals surface area contributed by atoms with Gasteiger partial charge in [-0.05, 0) is 43.0 Å². The lowest BCUT2D eigenvalue weighted by Crippen LogP contribution is -2.32. The third-order valence-corrected chi connectivity index (χ3v) is 5.81. The van der Waals surface area contributed by atoms with E-state index < -0.39 is 10.0 Å². The summed E-state index contributed by atoms with van der Waals surface area (Å²) in [5.41, 5.74) is 1.77. The van der Waals surface area contributed by atoms with Crippen molar-refractivity contribution in [1.82, 2.24) is 4.31 Å². The van der Waals surface area contributed by atoms with Crippen molar-refractivity contribution in [3.63, 3.8) is 0 Å². The van der Waals surface area contributed by atoms with Crippen molar-refractivity contribution in [3.05, 3.63) is 23.8 Å². The van der Waals surface area contributed by atoms with Crippen LogP contribution in [0, 0.1) is 0 Å². The molecule has 1 aliphatic heterocycles. The summed E-state index contributed by atoms with van der Waals surface area (Å²) in [7, 11) is -3.45. The molecule has 0 aromatic heterocycles. The van der Waals surface area contributed by atoms with Crippen LogP contribution in [0.4, 0.5) is 5.69 Å². The predicted molar refractivity (Wildman–Crippen MR) is 87.5 cm³/mol. The SMILES string of the molecule is CCCN(CCC)S(=O)(=O)c1ccc2c(c1)CCN2C(C)=O. The van der Waals surface area contributed by atoms with Gasteiger partial charge >= 0.3 is 0 Å². The second-order valence-corrected chi connectivity index (χ2v) is 7.55. The highest BCUT2D eigenvalue weighted by molar-refractivity contribution is 7.89. The number of sulfonamides is 1. The van der Waals surface area contributed by atoms with Gasteiger partial charge in [-0.25, -0.2) is 8.42 Å². The molecule has 0 spiro atoms. The average molecular weight is 324 g/mol. The first-order valence-electron chi connectivity index (χ1n) is 7.83. The zero-order chi connectivity index (χ0) is 16.3. The minimum Gasteiger partial charge on any atom is -0.312 e. The van der Waals surface area contributed by atoms with Crippen molar-refractivity contribution in [3.8, 4) is 0 Å². The summed E-state index contributed by atoms with van der Waals surface area (Å²) in [6, 6.07) is 5.10. The molecule has 0 unspecified atom stereocenters. The number of nitrogens with zero attached hydrogens (tertiary/aromatic N) is 2. The molecule has 0 aliphatic carbocycles. The summed E-state index contributed by atoms with van der Waals surface area (Å²) in [5, 5.41) is 0. The second-order valence-electron chi connectivity index (χ2n) is 5.62. The Morgan fingerprint density at radius 3 is 2.41 bits per heavy atom. The summed E-state index contributed by atoms with van der Waals surface area (Å²) in [6.07, 6.45) is 2.30. The van der Waals surface area contributed by atoms with Crippen LogP contribution in [-0.4, -0.2) is 38.3 Å². The van der Waals surface area contributed by atoms with E-state index in [2.05, 4.69) is 0 Å². The van der Waals surface area contributed by atoms with Gasteiger partial charge in [0.2, 0.25) is 15.9 Å². The molecule has 1 aromatic rings. The van der Waals surface area contributed by atoms with E-state index >= 15 is 0 Å². The van der Waals surface area contributed by atoms with Crippen LogP contribution in [0.2, 0.25) is 0 Å². The first-order valence-corrected chi connectivity index (χ1v) is 9.27. The van der Waals surface area contributed by atoms with E-state index in [1.165, 1.54) is 6.92 Å². The molecule has 0 saturated heterocycles. The third-order valence-electron chi connectivity index (χ3n) is 3.91. The number of benzene rings is 1. The molecule has 6 heteroatoms. The van der Waals surface area contributed by atoms with Crippen LogP contribution in [0.25, 0.3) is 0 Å². The molecule has 2 rings (SSSR count). The Morgan fingerprint density at radius 1 is 1.23 bits per heavy atom. The molecule has 1 aliphatic rings. The van der Waals surface area contributed by atoms with Crippen LogP contribution in [0.3, 0.4) is 0 Å². The number of carbonyl (C=O) groups is 1. The smallest absolute Gasteiger partial charge is 0.243 e. The van der Waals surface area contributed by atoms with E-state index in [4.69, 9.17) is 0 Å². The van der Waals surface area contributed by atoms with Crippen molar-refractivity contribution < 1.29 is 13.2 Å². The number of rotatable bonds is 6. The van der Waals surface area contributed by atoms with Crippen LogP contribution in [0.15, 0.2) is 23.1 Å². The van der Waals surface area contributed by atoms with Gasteiger partial charge in [-0.3, -0.25) is 4.79 Å². The molecule has 1 amide bonds. The Kier molecular flexibility index (Phi) is 5.24. The molecule has 22 heavy (non-hydrogen) atoms. The maximum Gasteiger partial charge on any atom is 0.243 e. The summed E-state index contributed by atoms with van der Waals surface area (Å²) >= 11 is 0. The van der Waals surface area contributed by atoms with Gasteiger partial charge in [-0.15, -0.1) is 0 Å². The molecule has 5 nitrogen and oxygen atoms in total. The van der Waals surface area contributed by atoms with Crippen molar-refractivity contribution in [2.75, 3.05) is 24.5 Å². The number of amides is 1. The lowest BCUT2D eigenvalue weighted by molar-refractivity contribution is -0.116. The predicted octanol–water partition coefficient (Wildman–Crippen LogP) is 2.41. The molecule has 0 N–H and O–H groups in total. The highest BCUT2D eigenvalue weighted by Crippen LogP contribution is 2.31. The van der Waals surface area contributed by atoms with E-state index in [0.29, 0.717) is 31.0 Å². The van der Waals surface area contributed by atoms with Crippen molar-refractivity contribution >= 4 is 21.6 Å². The summed E-state index contributed by atoms with van der Waals surface area (Å²) in [6.45, 7) is 7.18. The average Bonchev–Trinajstić information content (AvgIpc) is 2.90. The minimum absolute atomic E-state index is 0.00653. The summed E-state index contributed by atoms with van der Waals surface area (Å²) in [5.74, 6) is -0.00653. The fourth-order valence-corrected chi connectivity index (χ4v) is 4.54. The standard InChI is InChI=1S/C16H24N2O3S/c1-4-9-17(10-5-2)22(20,21)15-6-7-16-14(12-15)8-11-18(16)13(3)19/h6-7,12H,4-5,8-11H2,1-3H3. The van der Waals surface area contributed by atoms with E-state index in [1.54, 1.807) is 27.4 Å². The molecule has 0 bridgehead atoms. The minimum atomic E-state index is -3.45.